The Kier molecular flexibility index (Phi) is 3.55. The summed E-state index contributed by atoms with van der Waals surface area (Å²) >= 11 is 0. The molecule has 0 radical (unpaired) electrons. The van der Waals surface area contributed by atoms with Crippen LogP contribution in [-0.4, -0.2) is 17.1 Å². The summed E-state index contributed by atoms with van der Waals surface area (Å²) in [6, 6.07) is 8.70. The molecule has 3 nitrogen and oxygen atoms in total. The average molecular weight is 273 g/mol. The standard InChI is InChI=1S/C17H23NO2/c1-10-5-3-4-6-14(10)11(2)18-16-13-8-7-12(9-13)15(16)17(19)20/h3-6,11-13,15-16,18H,7-9H2,1-2H3,(H,19,20). The molecule has 2 bridgehead atoms. The highest BCUT2D eigenvalue weighted by Gasteiger charge is 2.51. The topological polar surface area (TPSA) is 49.3 Å². The fourth-order valence-corrected chi connectivity index (χ4v) is 4.34. The molecule has 0 saturated heterocycles. The van der Waals surface area contributed by atoms with Gasteiger partial charge in [-0.3, -0.25) is 4.79 Å². The highest BCUT2D eigenvalue weighted by atomic mass is 16.4. The number of nitrogens with one attached hydrogen (secondary N) is 1. The van der Waals surface area contributed by atoms with Crippen molar-refractivity contribution in [3.05, 3.63) is 35.4 Å². The number of hydrogen-bond acceptors (Lipinski definition) is 2. The van der Waals surface area contributed by atoms with E-state index in [9.17, 15) is 9.90 Å². The van der Waals surface area contributed by atoms with Crippen LogP contribution in [-0.2, 0) is 4.79 Å². The molecule has 0 amide bonds. The molecular formula is C17H23NO2. The van der Waals surface area contributed by atoms with E-state index in [2.05, 4.69) is 37.4 Å². The zero-order valence-corrected chi connectivity index (χ0v) is 12.2. The van der Waals surface area contributed by atoms with Crippen LogP contribution in [0.3, 0.4) is 0 Å². The Labute approximate surface area is 120 Å². The Bertz CT molecular complexity index is 513. The molecule has 1 aromatic rings. The number of rotatable bonds is 4. The molecule has 1 aromatic carbocycles. The van der Waals surface area contributed by atoms with Crippen LogP contribution in [0.1, 0.15) is 43.4 Å². The first-order chi connectivity index (χ1) is 9.58. The maximum absolute atomic E-state index is 11.5. The number of carbonyl (C=O) groups is 1. The fourth-order valence-electron chi connectivity index (χ4n) is 4.34. The first-order valence-electron chi connectivity index (χ1n) is 7.62. The number of fused-ring (bicyclic) bond motifs is 2. The summed E-state index contributed by atoms with van der Waals surface area (Å²) in [4.78, 5) is 11.5. The zero-order chi connectivity index (χ0) is 14.3. The van der Waals surface area contributed by atoms with Gasteiger partial charge in [0, 0.05) is 12.1 Å². The zero-order valence-electron chi connectivity index (χ0n) is 12.2. The van der Waals surface area contributed by atoms with E-state index in [1.54, 1.807) is 0 Å². The third-order valence-corrected chi connectivity index (χ3v) is 5.30. The molecule has 108 valence electrons. The summed E-state index contributed by atoms with van der Waals surface area (Å²) in [5.41, 5.74) is 2.54. The van der Waals surface area contributed by atoms with Crippen molar-refractivity contribution in [2.24, 2.45) is 17.8 Å². The molecule has 0 spiro atoms. The Morgan fingerprint density at radius 3 is 2.70 bits per heavy atom. The molecule has 2 saturated carbocycles. The molecule has 2 fully saturated rings. The van der Waals surface area contributed by atoms with Crippen LogP contribution in [0, 0.1) is 24.7 Å². The lowest BCUT2D eigenvalue weighted by atomic mass is 9.83. The number of aliphatic carboxylic acids is 1. The number of hydrogen-bond donors (Lipinski definition) is 2. The third-order valence-electron chi connectivity index (χ3n) is 5.30. The summed E-state index contributed by atoms with van der Waals surface area (Å²) in [6.07, 6.45) is 3.38. The van der Waals surface area contributed by atoms with Gasteiger partial charge in [-0.05, 0) is 56.1 Å². The monoisotopic (exact) mass is 273 g/mol. The van der Waals surface area contributed by atoms with Gasteiger partial charge in [0.1, 0.15) is 0 Å². The van der Waals surface area contributed by atoms with Gasteiger partial charge >= 0.3 is 5.97 Å². The highest BCUT2D eigenvalue weighted by Crippen LogP contribution is 2.49. The maximum atomic E-state index is 11.5. The lowest BCUT2D eigenvalue weighted by Gasteiger charge is -2.32. The fraction of sp³-hybridized carbons (Fsp3) is 0.588. The Hall–Kier alpha value is -1.35. The molecule has 20 heavy (non-hydrogen) atoms. The molecule has 0 aromatic heterocycles. The van der Waals surface area contributed by atoms with Gasteiger partial charge in [0.05, 0.1) is 5.92 Å². The summed E-state index contributed by atoms with van der Waals surface area (Å²) in [5.74, 6) is 0.124. The second-order valence-corrected chi connectivity index (χ2v) is 6.47. The molecule has 3 heteroatoms. The van der Waals surface area contributed by atoms with Crippen molar-refractivity contribution in [3.8, 4) is 0 Å². The van der Waals surface area contributed by atoms with Gasteiger partial charge in [0.25, 0.3) is 0 Å². The van der Waals surface area contributed by atoms with Crippen molar-refractivity contribution >= 4 is 5.97 Å². The van der Waals surface area contributed by atoms with Crippen molar-refractivity contribution < 1.29 is 9.90 Å². The summed E-state index contributed by atoms with van der Waals surface area (Å²) in [7, 11) is 0. The van der Waals surface area contributed by atoms with E-state index >= 15 is 0 Å². The van der Waals surface area contributed by atoms with Gasteiger partial charge in [-0.2, -0.15) is 0 Å². The van der Waals surface area contributed by atoms with Gasteiger partial charge in [0.2, 0.25) is 0 Å². The van der Waals surface area contributed by atoms with E-state index in [4.69, 9.17) is 0 Å². The van der Waals surface area contributed by atoms with Gasteiger partial charge in [0.15, 0.2) is 0 Å². The normalized spacial score (nSPS) is 33.3. The molecule has 2 aliphatic rings. The number of carboxylic acids is 1. The van der Waals surface area contributed by atoms with Crippen LogP contribution in [0.15, 0.2) is 24.3 Å². The van der Waals surface area contributed by atoms with Gasteiger partial charge in [-0.25, -0.2) is 0 Å². The third kappa shape index (κ3) is 2.24. The SMILES string of the molecule is Cc1ccccc1C(C)NC1C2CCC(C2)C1C(=O)O. The molecular weight excluding hydrogens is 250 g/mol. The molecule has 5 unspecified atom stereocenters. The van der Waals surface area contributed by atoms with E-state index in [1.807, 2.05) is 6.07 Å². The predicted molar refractivity (Wildman–Crippen MR) is 78.5 cm³/mol. The number of carboxylic acid groups (broad SMARTS) is 1. The highest BCUT2D eigenvalue weighted by molar-refractivity contribution is 5.72. The van der Waals surface area contributed by atoms with E-state index in [-0.39, 0.29) is 18.0 Å². The largest absolute Gasteiger partial charge is 0.481 e. The smallest absolute Gasteiger partial charge is 0.308 e. The minimum atomic E-state index is -0.619. The van der Waals surface area contributed by atoms with Gasteiger partial charge in [-0.15, -0.1) is 0 Å². The van der Waals surface area contributed by atoms with Crippen molar-refractivity contribution in [2.75, 3.05) is 0 Å². The van der Waals surface area contributed by atoms with Gasteiger partial charge in [-0.1, -0.05) is 24.3 Å². The maximum Gasteiger partial charge on any atom is 0.308 e. The second kappa shape index (κ2) is 5.21. The minimum absolute atomic E-state index is 0.140. The lowest BCUT2D eigenvalue weighted by Crippen LogP contribution is -2.45. The first kappa shape index (κ1) is 13.6. The summed E-state index contributed by atoms with van der Waals surface area (Å²) in [6.45, 7) is 4.26. The number of aryl methyl sites for hydroxylation is 1. The lowest BCUT2D eigenvalue weighted by molar-refractivity contribution is -0.144. The Morgan fingerprint density at radius 1 is 1.30 bits per heavy atom. The van der Waals surface area contributed by atoms with E-state index < -0.39 is 5.97 Å². The summed E-state index contributed by atoms with van der Waals surface area (Å²) in [5, 5.41) is 13.1. The van der Waals surface area contributed by atoms with E-state index in [0.29, 0.717) is 11.8 Å². The summed E-state index contributed by atoms with van der Waals surface area (Å²) < 4.78 is 0. The average Bonchev–Trinajstić information content (AvgIpc) is 2.99. The van der Waals surface area contributed by atoms with Crippen LogP contribution < -0.4 is 5.32 Å². The molecule has 0 heterocycles. The second-order valence-electron chi connectivity index (χ2n) is 6.47. The van der Waals surface area contributed by atoms with Crippen LogP contribution in [0.4, 0.5) is 0 Å². The Morgan fingerprint density at radius 2 is 2.00 bits per heavy atom. The quantitative estimate of drug-likeness (QED) is 0.886. The minimum Gasteiger partial charge on any atom is -0.481 e. The van der Waals surface area contributed by atoms with Crippen molar-refractivity contribution in [2.45, 2.75) is 45.2 Å². The first-order valence-corrected chi connectivity index (χ1v) is 7.62. The van der Waals surface area contributed by atoms with Crippen molar-refractivity contribution in [1.82, 2.24) is 5.32 Å². The molecule has 2 N–H and O–H groups in total. The van der Waals surface area contributed by atoms with E-state index in [1.165, 1.54) is 17.5 Å². The van der Waals surface area contributed by atoms with Gasteiger partial charge < -0.3 is 10.4 Å². The van der Waals surface area contributed by atoms with E-state index in [0.717, 1.165) is 12.8 Å². The van der Waals surface area contributed by atoms with Crippen LogP contribution in [0.5, 0.6) is 0 Å². The molecule has 2 aliphatic carbocycles. The number of benzene rings is 1. The molecule has 0 aliphatic heterocycles. The molecule has 5 atom stereocenters. The van der Waals surface area contributed by atoms with Crippen LogP contribution in [0.2, 0.25) is 0 Å². The van der Waals surface area contributed by atoms with Crippen LogP contribution >= 0.6 is 0 Å². The predicted octanol–water partition coefficient (Wildman–Crippen LogP) is 3.14. The van der Waals surface area contributed by atoms with Crippen molar-refractivity contribution in [1.29, 1.82) is 0 Å². The Balaban J connectivity index is 1.77. The van der Waals surface area contributed by atoms with Crippen molar-refractivity contribution in [3.63, 3.8) is 0 Å². The molecule has 3 rings (SSSR count). The van der Waals surface area contributed by atoms with Crippen LogP contribution in [0.25, 0.3) is 0 Å².